The highest BCUT2D eigenvalue weighted by Gasteiger charge is 2.15. The first kappa shape index (κ1) is 17.3. The molecule has 3 rings (SSSR count). The third kappa shape index (κ3) is 3.77. The van der Waals surface area contributed by atoms with Crippen molar-refractivity contribution in [3.05, 3.63) is 63.7 Å². The Labute approximate surface area is 152 Å². The predicted molar refractivity (Wildman–Crippen MR) is 103 cm³/mol. The number of pyridine rings is 1. The third-order valence-corrected chi connectivity index (χ3v) is 5.01. The maximum absolute atomic E-state index is 12.5. The molecule has 5 heteroatoms. The van der Waals surface area contributed by atoms with Crippen molar-refractivity contribution in [1.82, 2.24) is 9.97 Å². The minimum Gasteiger partial charge on any atom is -0.304 e. The quantitative estimate of drug-likeness (QED) is 0.703. The lowest BCUT2D eigenvalue weighted by Crippen LogP contribution is -2.13. The van der Waals surface area contributed by atoms with E-state index in [2.05, 4.69) is 41.3 Å². The second-order valence-electron chi connectivity index (χ2n) is 6.32. The standard InChI is InChI=1S/C20H21N3OS/c1-12(2)17-11-25-20(22-17)19(24)23-18-10-16(13(3)14(4)21-18)15-8-6-5-7-9-15/h5-12H,1-4H3,(H,21,23,24). The van der Waals surface area contributed by atoms with Crippen molar-refractivity contribution in [3.63, 3.8) is 0 Å². The Morgan fingerprint density at radius 1 is 1.12 bits per heavy atom. The molecule has 0 fully saturated rings. The molecule has 128 valence electrons. The summed E-state index contributed by atoms with van der Waals surface area (Å²) < 4.78 is 0. The van der Waals surface area contributed by atoms with Crippen molar-refractivity contribution in [3.8, 4) is 11.1 Å². The highest BCUT2D eigenvalue weighted by molar-refractivity contribution is 7.11. The number of amides is 1. The van der Waals surface area contributed by atoms with Crippen molar-refractivity contribution in [2.75, 3.05) is 5.32 Å². The first-order chi connectivity index (χ1) is 12.0. The van der Waals surface area contributed by atoms with Crippen molar-refractivity contribution in [1.29, 1.82) is 0 Å². The molecule has 1 amide bonds. The second-order valence-corrected chi connectivity index (χ2v) is 7.18. The van der Waals surface area contributed by atoms with Gasteiger partial charge >= 0.3 is 0 Å². The van der Waals surface area contributed by atoms with Crippen LogP contribution < -0.4 is 5.32 Å². The van der Waals surface area contributed by atoms with E-state index < -0.39 is 0 Å². The van der Waals surface area contributed by atoms with E-state index in [9.17, 15) is 4.79 Å². The fourth-order valence-electron chi connectivity index (χ4n) is 2.54. The van der Waals surface area contributed by atoms with Gasteiger partial charge in [0.1, 0.15) is 5.82 Å². The van der Waals surface area contributed by atoms with E-state index in [-0.39, 0.29) is 5.91 Å². The van der Waals surface area contributed by atoms with Gasteiger partial charge in [0.25, 0.3) is 5.91 Å². The molecular formula is C20H21N3OS. The zero-order chi connectivity index (χ0) is 18.0. The number of carbonyl (C=O) groups excluding carboxylic acids is 1. The van der Waals surface area contributed by atoms with E-state index in [1.54, 1.807) is 0 Å². The number of anilines is 1. The Bertz CT molecular complexity index is 901. The summed E-state index contributed by atoms with van der Waals surface area (Å²) in [6, 6.07) is 12.0. The van der Waals surface area contributed by atoms with Gasteiger partial charge in [0.15, 0.2) is 5.01 Å². The Hall–Kier alpha value is -2.53. The van der Waals surface area contributed by atoms with E-state index in [0.717, 1.165) is 28.1 Å². The fraction of sp³-hybridized carbons (Fsp3) is 0.250. The van der Waals surface area contributed by atoms with Crippen LogP contribution in [0, 0.1) is 13.8 Å². The number of aromatic nitrogens is 2. The number of benzene rings is 1. The van der Waals surface area contributed by atoms with Crippen molar-refractivity contribution < 1.29 is 4.79 Å². The summed E-state index contributed by atoms with van der Waals surface area (Å²) in [5, 5.41) is 5.28. The molecule has 2 aromatic heterocycles. The molecule has 1 aromatic carbocycles. The maximum Gasteiger partial charge on any atom is 0.285 e. The number of nitrogens with one attached hydrogen (secondary N) is 1. The first-order valence-corrected chi connectivity index (χ1v) is 9.14. The van der Waals surface area contributed by atoms with Gasteiger partial charge in [0.05, 0.1) is 5.69 Å². The van der Waals surface area contributed by atoms with Crippen LogP contribution in [0.5, 0.6) is 0 Å². The van der Waals surface area contributed by atoms with Crippen LogP contribution in [0.3, 0.4) is 0 Å². The number of thiazole rings is 1. The average Bonchev–Trinajstić information content (AvgIpc) is 3.09. The summed E-state index contributed by atoms with van der Waals surface area (Å²) in [5.41, 5.74) is 5.13. The fourth-order valence-corrected chi connectivity index (χ4v) is 3.42. The monoisotopic (exact) mass is 351 g/mol. The molecule has 0 unspecified atom stereocenters. The number of carbonyl (C=O) groups is 1. The van der Waals surface area contributed by atoms with Crippen LogP contribution in [0.25, 0.3) is 11.1 Å². The molecule has 0 radical (unpaired) electrons. The van der Waals surface area contributed by atoms with Gasteiger partial charge in [-0.1, -0.05) is 44.2 Å². The molecule has 0 aliphatic carbocycles. The van der Waals surface area contributed by atoms with Gasteiger partial charge in [0, 0.05) is 11.1 Å². The lowest BCUT2D eigenvalue weighted by molar-refractivity contribution is 0.102. The molecule has 0 bridgehead atoms. The molecule has 0 atom stereocenters. The summed E-state index contributed by atoms with van der Waals surface area (Å²) in [6.45, 7) is 8.13. The first-order valence-electron chi connectivity index (χ1n) is 8.26. The van der Waals surface area contributed by atoms with E-state index in [0.29, 0.717) is 16.7 Å². The Morgan fingerprint density at radius 2 is 1.84 bits per heavy atom. The van der Waals surface area contributed by atoms with Gasteiger partial charge in [-0.15, -0.1) is 11.3 Å². The zero-order valence-electron chi connectivity index (χ0n) is 14.8. The number of rotatable bonds is 4. The van der Waals surface area contributed by atoms with Gasteiger partial charge in [-0.25, -0.2) is 9.97 Å². The van der Waals surface area contributed by atoms with E-state index in [4.69, 9.17) is 0 Å². The van der Waals surface area contributed by atoms with Crippen LogP contribution in [0.1, 0.15) is 46.5 Å². The van der Waals surface area contributed by atoms with Gasteiger partial charge in [0.2, 0.25) is 0 Å². The van der Waals surface area contributed by atoms with Gasteiger partial charge in [-0.05, 0) is 42.5 Å². The summed E-state index contributed by atoms with van der Waals surface area (Å²) in [6.07, 6.45) is 0. The van der Waals surface area contributed by atoms with Gasteiger partial charge in [-0.2, -0.15) is 0 Å². The predicted octanol–water partition coefficient (Wildman–Crippen LogP) is 5.20. The number of hydrogen-bond acceptors (Lipinski definition) is 4. The van der Waals surface area contributed by atoms with Crippen LogP contribution >= 0.6 is 11.3 Å². The molecule has 2 heterocycles. The summed E-state index contributed by atoms with van der Waals surface area (Å²) >= 11 is 1.36. The molecule has 0 saturated carbocycles. The molecule has 0 saturated heterocycles. The lowest BCUT2D eigenvalue weighted by Gasteiger charge is -2.12. The number of hydrogen-bond donors (Lipinski definition) is 1. The third-order valence-electron chi connectivity index (χ3n) is 4.15. The van der Waals surface area contributed by atoms with Gasteiger partial charge < -0.3 is 5.32 Å². The topological polar surface area (TPSA) is 54.9 Å². The molecule has 1 N–H and O–H groups in total. The van der Waals surface area contributed by atoms with Crippen molar-refractivity contribution in [2.45, 2.75) is 33.6 Å². The summed E-state index contributed by atoms with van der Waals surface area (Å²) in [7, 11) is 0. The highest BCUT2D eigenvalue weighted by Crippen LogP contribution is 2.27. The maximum atomic E-state index is 12.5. The molecule has 0 aliphatic heterocycles. The number of nitrogens with zero attached hydrogens (tertiary/aromatic N) is 2. The van der Waals surface area contributed by atoms with E-state index in [1.165, 1.54) is 11.3 Å². The zero-order valence-corrected chi connectivity index (χ0v) is 15.6. The van der Waals surface area contributed by atoms with Crippen LogP contribution in [-0.4, -0.2) is 15.9 Å². The molecule has 25 heavy (non-hydrogen) atoms. The number of aryl methyl sites for hydroxylation is 1. The van der Waals surface area contributed by atoms with E-state index in [1.807, 2.05) is 43.5 Å². The van der Waals surface area contributed by atoms with Crippen LogP contribution in [-0.2, 0) is 0 Å². The largest absolute Gasteiger partial charge is 0.304 e. The smallest absolute Gasteiger partial charge is 0.285 e. The second kappa shape index (κ2) is 7.15. The van der Waals surface area contributed by atoms with Crippen molar-refractivity contribution in [2.24, 2.45) is 0 Å². The minimum absolute atomic E-state index is 0.216. The molecule has 0 spiro atoms. The lowest BCUT2D eigenvalue weighted by atomic mass is 10.0. The summed E-state index contributed by atoms with van der Waals surface area (Å²) in [4.78, 5) is 21.4. The SMILES string of the molecule is Cc1nc(NC(=O)c2nc(C(C)C)cs2)cc(-c2ccccc2)c1C. The Morgan fingerprint density at radius 3 is 2.48 bits per heavy atom. The molecule has 4 nitrogen and oxygen atoms in total. The molecular weight excluding hydrogens is 330 g/mol. The summed E-state index contributed by atoms with van der Waals surface area (Å²) in [5.74, 6) is 0.641. The van der Waals surface area contributed by atoms with Crippen molar-refractivity contribution >= 4 is 23.1 Å². The average molecular weight is 351 g/mol. The molecule has 0 aliphatic rings. The van der Waals surface area contributed by atoms with Crippen LogP contribution in [0.4, 0.5) is 5.82 Å². The van der Waals surface area contributed by atoms with Crippen LogP contribution in [0.15, 0.2) is 41.8 Å². The van der Waals surface area contributed by atoms with E-state index >= 15 is 0 Å². The highest BCUT2D eigenvalue weighted by atomic mass is 32.1. The van der Waals surface area contributed by atoms with Gasteiger partial charge in [-0.3, -0.25) is 4.79 Å². The Kier molecular flexibility index (Phi) is 4.95. The normalized spacial score (nSPS) is 10.9. The minimum atomic E-state index is -0.216. The Balaban J connectivity index is 1.90. The molecule has 3 aromatic rings. The van der Waals surface area contributed by atoms with Crippen LogP contribution in [0.2, 0.25) is 0 Å².